The van der Waals surface area contributed by atoms with Gasteiger partial charge >= 0.3 is 17.6 Å². The van der Waals surface area contributed by atoms with Gasteiger partial charge in [-0.25, -0.2) is 0 Å². The standard InChI is InChI=1S/C82H96N4O18Si2/c1-17-99-35-31-63(77(87)83-33-37-105(93-11,94-12)95-13)85-79(89)59-43-65(101-55-27-19-23-51(39-55)47(3)4)71-73-67(103-57-29-21-25-53(41-57)49(7)8)45-61-70-62(82(92)86(81(61)91)64(32-36-100-18-2)78(88)84-34-38-106(96-14,97-15)98-16)46-68(104-58-30-22-26-54(42-58)50(9)10)74(76(70)73)72-66(44-60(80(85)90)69(59)75(71)72)102-56-28-20-24-52(40-56)48(5)6/h19-30,39-50,63-64H,17-18,31-38H2,1-16H3,(H,83,87)(H,84,88). The lowest BCUT2D eigenvalue weighted by molar-refractivity contribution is -0.126. The summed E-state index contributed by atoms with van der Waals surface area (Å²) in [6.45, 7) is 20.6. The van der Waals surface area contributed by atoms with E-state index in [0.717, 1.165) is 32.1 Å². The van der Waals surface area contributed by atoms with Crippen molar-refractivity contribution in [2.75, 3.05) is 82.2 Å². The Balaban J connectivity index is 1.31. The van der Waals surface area contributed by atoms with E-state index >= 15 is 28.8 Å². The maximum atomic E-state index is 16.5. The molecule has 6 amide bonds. The van der Waals surface area contributed by atoms with Crippen LogP contribution in [0.5, 0.6) is 46.0 Å². The van der Waals surface area contributed by atoms with Gasteiger partial charge in [-0.2, -0.15) is 0 Å². The Morgan fingerprint density at radius 3 is 0.849 bits per heavy atom. The van der Waals surface area contributed by atoms with E-state index in [9.17, 15) is 0 Å². The monoisotopic (exact) mass is 1480 g/mol. The van der Waals surface area contributed by atoms with E-state index in [1.54, 1.807) is 48.5 Å². The molecule has 22 nitrogen and oxygen atoms in total. The van der Waals surface area contributed by atoms with Crippen molar-refractivity contribution in [2.45, 2.75) is 130 Å². The Labute approximate surface area is 621 Å². The molecule has 2 unspecified atom stereocenters. The fraction of sp³-hybridized carbons (Fsp3) is 0.390. The highest BCUT2D eigenvalue weighted by molar-refractivity contribution is 6.61. The van der Waals surface area contributed by atoms with Crippen molar-refractivity contribution in [3.63, 3.8) is 0 Å². The first kappa shape index (κ1) is 77.9. The van der Waals surface area contributed by atoms with Crippen molar-refractivity contribution in [3.05, 3.63) is 166 Å². The highest BCUT2D eigenvalue weighted by Crippen LogP contribution is 2.58. The summed E-state index contributed by atoms with van der Waals surface area (Å²) in [5.74, 6) is -2.66. The molecule has 24 heteroatoms. The topological polar surface area (TPSA) is 244 Å². The minimum atomic E-state index is -3.25. The van der Waals surface area contributed by atoms with Gasteiger partial charge in [-0.15, -0.1) is 0 Å². The normalized spacial score (nSPS) is 14.0. The van der Waals surface area contributed by atoms with Crippen molar-refractivity contribution in [1.29, 1.82) is 0 Å². The molecule has 11 rings (SSSR count). The molecule has 2 N–H and O–H groups in total. The molecular weight excluding hydrogens is 1390 g/mol. The Kier molecular flexibility index (Phi) is 24.5. The van der Waals surface area contributed by atoms with Gasteiger partial charge in [0.25, 0.3) is 23.6 Å². The van der Waals surface area contributed by atoms with Crippen molar-refractivity contribution in [1.82, 2.24) is 20.4 Å². The number of hydrogen-bond donors (Lipinski definition) is 2. The van der Waals surface area contributed by atoms with Gasteiger partial charge in [-0.1, -0.05) is 104 Å². The summed E-state index contributed by atoms with van der Waals surface area (Å²) in [7, 11) is 2.31. The molecule has 0 aliphatic carbocycles. The minimum absolute atomic E-state index is 0.00488. The Hall–Kier alpha value is -9.19. The molecule has 560 valence electrons. The molecule has 0 aromatic heterocycles. The lowest BCUT2D eigenvalue weighted by atomic mass is 9.80. The number of carbonyl (C=O) groups is 6. The molecule has 2 aliphatic rings. The number of fused-ring (bicyclic) bond motifs is 2. The molecule has 0 saturated carbocycles. The zero-order valence-corrected chi connectivity index (χ0v) is 65.3. The molecule has 9 aromatic rings. The molecule has 0 spiro atoms. The summed E-state index contributed by atoms with van der Waals surface area (Å²) in [5.41, 5.74) is 3.67. The number of hydrogen-bond acceptors (Lipinski definition) is 18. The smallest absolute Gasteiger partial charge is 0.457 e. The summed E-state index contributed by atoms with van der Waals surface area (Å²) in [6, 6.07) is 34.1. The summed E-state index contributed by atoms with van der Waals surface area (Å²) >= 11 is 0. The van der Waals surface area contributed by atoms with Crippen LogP contribution < -0.4 is 29.6 Å². The Morgan fingerprint density at radius 2 is 0.623 bits per heavy atom. The first-order chi connectivity index (χ1) is 50.9. The molecule has 2 aliphatic heterocycles. The van der Waals surface area contributed by atoms with Gasteiger partial charge in [0.2, 0.25) is 11.8 Å². The highest BCUT2D eigenvalue weighted by atomic mass is 28.4. The fourth-order valence-corrected chi connectivity index (χ4v) is 17.2. The van der Waals surface area contributed by atoms with Gasteiger partial charge < -0.3 is 65.6 Å². The molecule has 0 bridgehead atoms. The molecule has 9 aromatic carbocycles. The lowest BCUT2D eigenvalue weighted by Gasteiger charge is -2.36. The van der Waals surface area contributed by atoms with Crippen LogP contribution >= 0.6 is 0 Å². The van der Waals surface area contributed by atoms with Crippen LogP contribution in [-0.4, -0.2) is 157 Å². The number of rotatable bonds is 36. The maximum Gasteiger partial charge on any atom is 0.501 e. The summed E-state index contributed by atoms with van der Waals surface area (Å²) in [5, 5.41) is 7.95. The van der Waals surface area contributed by atoms with Gasteiger partial charge in [0.15, 0.2) is 0 Å². The second kappa shape index (κ2) is 33.3. The van der Waals surface area contributed by atoms with E-state index in [1.807, 2.05) is 86.6 Å². The first-order valence-electron chi connectivity index (χ1n) is 36.2. The second-order valence-electron chi connectivity index (χ2n) is 27.6. The largest absolute Gasteiger partial charge is 0.501 e. The van der Waals surface area contributed by atoms with E-state index < -0.39 is 65.1 Å². The van der Waals surface area contributed by atoms with Crippen LogP contribution in [0.25, 0.3) is 43.1 Å². The van der Waals surface area contributed by atoms with E-state index in [1.165, 1.54) is 42.7 Å². The maximum absolute atomic E-state index is 16.5. The van der Waals surface area contributed by atoms with Gasteiger partial charge in [-0.05, 0) is 133 Å². The van der Waals surface area contributed by atoms with Crippen LogP contribution in [0.15, 0.2) is 121 Å². The van der Waals surface area contributed by atoms with Crippen LogP contribution in [0.3, 0.4) is 0 Å². The number of ether oxygens (including phenoxy) is 6. The van der Waals surface area contributed by atoms with Crippen LogP contribution in [0.2, 0.25) is 12.1 Å². The third kappa shape index (κ3) is 15.4. The number of imide groups is 2. The molecule has 106 heavy (non-hydrogen) atoms. The average Bonchev–Trinajstić information content (AvgIpc) is 0.671. The SMILES string of the molecule is CCOCCC(C(=O)NCC[Si](OC)(OC)OC)N1C(=O)c2cc(Oc3cccc(C(C)C)c3)c3c4c(Oc5cccc(C(C)C)c5)cc5c6c(cc(Oc7cccc(C(C)C)c7)c(c7c(Oc8cccc(C(C)C)c8)cc(c2c37)C1=O)c64)C(=O)N(C(CCOCC)C(=O)NCC[Si](OC)(OC)OC)C5=O. The predicted octanol–water partition coefficient (Wildman–Crippen LogP) is 16.2. The third-order valence-corrected chi connectivity index (χ3v) is 25.5. The van der Waals surface area contributed by atoms with E-state index in [-0.39, 0.29) is 176 Å². The van der Waals surface area contributed by atoms with Gasteiger partial charge in [0, 0.05) is 150 Å². The first-order valence-corrected chi connectivity index (χ1v) is 40.1. The van der Waals surface area contributed by atoms with Gasteiger partial charge in [0.1, 0.15) is 58.1 Å². The third-order valence-electron chi connectivity index (χ3n) is 20.0. The number of carbonyl (C=O) groups excluding carboxylic acids is 6. The number of nitrogens with one attached hydrogen (secondary N) is 2. The van der Waals surface area contributed by atoms with Crippen molar-refractivity contribution >= 4 is 96.1 Å². The van der Waals surface area contributed by atoms with Crippen molar-refractivity contribution < 1.29 is 83.7 Å². The molecule has 0 fully saturated rings. The summed E-state index contributed by atoms with van der Waals surface area (Å²) in [6.07, 6.45) is -0.208. The van der Waals surface area contributed by atoms with Crippen molar-refractivity contribution in [3.8, 4) is 46.0 Å². The number of nitrogens with zero attached hydrogens (tertiary/aromatic N) is 2. The van der Waals surface area contributed by atoms with Crippen LogP contribution in [-0.2, 0) is 45.6 Å². The Bertz CT molecular complexity index is 4230. The molecule has 0 radical (unpaired) electrons. The quantitative estimate of drug-likeness (QED) is 0.0122. The zero-order valence-electron chi connectivity index (χ0n) is 63.3. The van der Waals surface area contributed by atoms with Crippen LogP contribution in [0.4, 0.5) is 0 Å². The number of benzene rings is 9. The average molecular weight is 1480 g/mol. The van der Waals surface area contributed by atoms with Gasteiger partial charge in [-0.3, -0.25) is 38.6 Å². The molecule has 2 heterocycles. The van der Waals surface area contributed by atoms with E-state index in [4.69, 9.17) is 55.0 Å². The van der Waals surface area contributed by atoms with E-state index in [0.29, 0.717) is 23.0 Å². The van der Waals surface area contributed by atoms with Crippen molar-refractivity contribution in [2.24, 2.45) is 0 Å². The molecule has 2 atom stereocenters. The summed E-state index contributed by atoms with van der Waals surface area (Å²) in [4.78, 5) is 98.1. The predicted molar refractivity (Wildman–Crippen MR) is 410 cm³/mol. The molecular formula is C82H96N4O18Si2. The fourth-order valence-electron chi connectivity index (χ4n) is 14.1. The highest BCUT2D eigenvalue weighted by Gasteiger charge is 2.47. The second-order valence-corrected chi connectivity index (χ2v) is 33.8. The molecule has 0 saturated heterocycles. The number of amides is 6. The lowest BCUT2D eigenvalue weighted by Crippen LogP contribution is -2.55. The summed E-state index contributed by atoms with van der Waals surface area (Å²) < 4.78 is 75.5. The van der Waals surface area contributed by atoms with E-state index in [2.05, 4.69) is 66.0 Å². The van der Waals surface area contributed by atoms with Crippen LogP contribution in [0.1, 0.15) is 169 Å². The Morgan fingerprint density at radius 1 is 0.368 bits per heavy atom. The zero-order chi connectivity index (χ0) is 76.1. The minimum Gasteiger partial charge on any atom is -0.457 e. The van der Waals surface area contributed by atoms with Gasteiger partial charge in [0.05, 0.1) is 22.3 Å². The van der Waals surface area contributed by atoms with Crippen LogP contribution in [0, 0.1) is 0 Å².